The molecule has 0 spiro atoms. The van der Waals surface area contributed by atoms with E-state index in [1.807, 2.05) is 5.32 Å². The van der Waals surface area contributed by atoms with Crippen molar-refractivity contribution in [1.29, 1.82) is 0 Å². The Labute approximate surface area is 158 Å². The van der Waals surface area contributed by atoms with Gasteiger partial charge in [0.1, 0.15) is 5.69 Å². The highest BCUT2D eigenvalue weighted by molar-refractivity contribution is 7.59. The molecule has 144 valence electrons. The number of hydrogen-bond donors (Lipinski definition) is 1. The van der Waals surface area contributed by atoms with Gasteiger partial charge in [-0.3, -0.25) is 24.4 Å². The van der Waals surface area contributed by atoms with Crippen molar-refractivity contribution in [3.63, 3.8) is 0 Å². The van der Waals surface area contributed by atoms with E-state index in [0.717, 1.165) is 12.1 Å². The molecule has 0 unspecified atom stereocenters. The van der Waals surface area contributed by atoms with Gasteiger partial charge in [-0.1, -0.05) is 0 Å². The summed E-state index contributed by atoms with van der Waals surface area (Å²) in [6, 6.07) is 3.86. The van der Waals surface area contributed by atoms with E-state index in [4.69, 9.17) is 0 Å². The van der Waals surface area contributed by atoms with E-state index in [1.54, 1.807) is 6.92 Å². The molecule has 1 N–H and O–H groups in total. The number of alkyl halides is 3. The van der Waals surface area contributed by atoms with Gasteiger partial charge in [-0.25, -0.2) is 0 Å². The number of rotatable bonds is 3. The topological polar surface area (TPSA) is 84.3 Å². The maximum atomic E-state index is 12.8. The zero-order valence-corrected chi connectivity index (χ0v) is 14.9. The Balaban J connectivity index is 0.00000261. The van der Waals surface area contributed by atoms with Gasteiger partial charge in [0.15, 0.2) is 0 Å². The van der Waals surface area contributed by atoms with Crippen molar-refractivity contribution in [2.24, 2.45) is 0 Å². The zero-order chi connectivity index (χ0) is 19.1. The summed E-state index contributed by atoms with van der Waals surface area (Å²) in [6.07, 6.45) is -3.11. The molecule has 1 aromatic heterocycles. The molecule has 0 bridgehead atoms. The molecule has 1 atom stereocenters. The lowest BCUT2D eigenvalue weighted by Crippen LogP contribution is -2.43. The van der Waals surface area contributed by atoms with Gasteiger partial charge in [0.05, 0.1) is 23.4 Å². The highest BCUT2D eigenvalue weighted by Gasteiger charge is 2.36. The summed E-state index contributed by atoms with van der Waals surface area (Å²) in [4.78, 5) is 36.5. The Morgan fingerprint density at radius 3 is 2.48 bits per heavy atom. The van der Waals surface area contributed by atoms with E-state index >= 15 is 0 Å². The number of carbonyl (C=O) groups excluding carboxylic acids is 3. The monoisotopic (exact) mass is 400 g/mol. The van der Waals surface area contributed by atoms with Crippen LogP contribution in [0, 0.1) is 0 Å². The van der Waals surface area contributed by atoms with Crippen molar-refractivity contribution >= 4 is 37.4 Å². The fourth-order valence-corrected chi connectivity index (χ4v) is 2.81. The number of halogens is 3. The first-order valence-electron chi connectivity index (χ1n) is 7.55. The number of imide groups is 1. The average Bonchev–Trinajstić information content (AvgIpc) is 3.04. The number of aromatic nitrogens is 2. The summed E-state index contributed by atoms with van der Waals surface area (Å²) in [5.74, 6) is -1.37. The van der Waals surface area contributed by atoms with Crippen molar-refractivity contribution in [2.75, 3.05) is 11.4 Å². The first-order valence-corrected chi connectivity index (χ1v) is 7.55. The van der Waals surface area contributed by atoms with Crippen LogP contribution in [0.3, 0.4) is 0 Å². The number of anilines is 1. The molecule has 3 amide bonds. The van der Waals surface area contributed by atoms with Crippen LogP contribution in [0.2, 0.25) is 0 Å². The fourth-order valence-electron chi connectivity index (χ4n) is 2.81. The predicted molar refractivity (Wildman–Crippen MR) is 94.0 cm³/mol. The first kappa shape index (κ1) is 20.5. The largest absolute Gasteiger partial charge is 0.416 e. The lowest BCUT2D eigenvalue weighted by Gasteiger charge is -2.32. The smallest absolute Gasteiger partial charge is 0.305 e. The number of amides is 3. The first-order chi connectivity index (χ1) is 12.2. The molecule has 2 aromatic rings. The molecule has 0 fully saturated rings. The summed E-state index contributed by atoms with van der Waals surface area (Å²) in [5, 5.41) is 5.95. The average molecular weight is 400 g/mol. The maximum absolute atomic E-state index is 12.8. The molecule has 0 saturated heterocycles. The Kier molecular flexibility index (Phi) is 5.64. The van der Waals surface area contributed by atoms with E-state index in [1.165, 1.54) is 27.9 Å². The quantitative estimate of drug-likeness (QED) is 0.800. The summed E-state index contributed by atoms with van der Waals surface area (Å²) in [6.45, 7) is 1.93. The minimum absolute atomic E-state index is 0. The second-order valence-corrected chi connectivity index (χ2v) is 5.75. The van der Waals surface area contributed by atoms with Gasteiger partial charge in [-0.05, 0) is 31.2 Å². The Bertz CT molecular complexity index is 880. The van der Waals surface area contributed by atoms with Crippen LogP contribution in [0.4, 0.5) is 18.9 Å². The summed E-state index contributed by atoms with van der Waals surface area (Å²) in [7, 11) is 0. The van der Waals surface area contributed by atoms with Crippen LogP contribution in [0.1, 0.15) is 39.4 Å². The van der Waals surface area contributed by atoms with Crippen molar-refractivity contribution in [2.45, 2.75) is 19.1 Å². The number of benzene rings is 1. The van der Waals surface area contributed by atoms with Gasteiger partial charge < -0.3 is 4.90 Å². The molecular weight excluding hydrogens is 385 g/mol. The second kappa shape index (κ2) is 7.43. The number of carbonyl (C=O) groups is 3. The Hall–Kier alpha value is -2.82. The van der Waals surface area contributed by atoms with E-state index in [9.17, 15) is 27.6 Å². The van der Waals surface area contributed by atoms with E-state index in [0.29, 0.717) is 0 Å². The molecule has 0 aliphatic carbocycles. The van der Waals surface area contributed by atoms with E-state index in [2.05, 4.69) is 5.10 Å². The van der Waals surface area contributed by atoms with Gasteiger partial charge >= 0.3 is 6.18 Å². The maximum Gasteiger partial charge on any atom is 0.416 e. The van der Waals surface area contributed by atoms with Gasteiger partial charge in [-0.15, -0.1) is 0 Å². The molecule has 1 aromatic carbocycles. The minimum Gasteiger partial charge on any atom is -0.305 e. The number of fused-ring (bicyclic) bond motifs is 1. The number of hydrogen-bond acceptors (Lipinski definition) is 4. The number of nitrogens with zero attached hydrogens (tertiary/aromatic N) is 3. The molecule has 0 radical (unpaired) electrons. The third kappa shape index (κ3) is 3.68. The number of nitrogens with one attached hydrogen (secondary N) is 1. The standard InChI is InChI=1S/C16H13F3N4O3.H2S/c1-9-7-22(11-4-2-10(3-5-11)16(17,18)19)15(26)13-12(6-21-23(9)13)14(25)20-8-24;/h2-6,8-9H,7H2,1H3,(H,20,24,25);1H2/t9-;/m0./s1. The summed E-state index contributed by atoms with van der Waals surface area (Å²) < 4.78 is 39.5. The van der Waals surface area contributed by atoms with Gasteiger partial charge in [0.2, 0.25) is 6.41 Å². The molecule has 27 heavy (non-hydrogen) atoms. The van der Waals surface area contributed by atoms with Crippen LogP contribution in [-0.4, -0.2) is 34.5 Å². The van der Waals surface area contributed by atoms with Crippen molar-refractivity contribution in [3.8, 4) is 0 Å². The van der Waals surface area contributed by atoms with E-state index < -0.39 is 23.6 Å². The summed E-state index contributed by atoms with van der Waals surface area (Å²) >= 11 is 0. The van der Waals surface area contributed by atoms with E-state index in [-0.39, 0.29) is 49.4 Å². The molecule has 1 aliphatic rings. The molecule has 1 aliphatic heterocycles. The van der Waals surface area contributed by atoms with Gasteiger partial charge in [0.25, 0.3) is 11.8 Å². The lowest BCUT2D eigenvalue weighted by molar-refractivity contribution is -0.137. The van der Waals surface area contributed by atoms with Crippen molar-refractivity contribution in [3.05, 3.63) is 47.3 Å². The Morgan fingerprint density at radius 2 is 1.93 bits per heavy atom. The van der Waals surface area contributed by atoms with Crippen LogP contribution in [0.15, 0.2) is 30.5 Å². The van der Waals surface area contributed by atoms with Crippen molar-refractivity contribution < 1.29 is 27.6 Å². The minimum atomic E-state index is -4.48. The van der Waals surface area contributed by atoms with Gasteiger partial charge in [0, 0.05) is 12.2 Å². The second-order valence-electron chi connectivity index (χ2n) is 5.75. The fraction of sp³-hybridized carbons (Fsp3) is 0.250. The molecule has 11 heteroatoms. The highest BCUT2D eigenvalue weighted by atomic mass is 32.1. The van der Waals surface area contributed by atoms with Crippen molar-refractivity contribution in [1.82, 2.24) is 15.1 Å². The summed E-state index contributed by atoms with van der Waals surface area (Å²) in [5.41, 5.74) is -0.660. The molecular formula is C16H15F3N4O3S. The highest BCUT2D eigenvalue weighted by Crippen LogP contribution is 2.32. The normalized spacial score (nSPS) is 16.4. The van der Waals surface area contributed by atoms with Crippen LogP contribution < -0.4 is 10.2 Å². The SMILES string of the molecule is C[C@H]1CN(c2ccc(C(F)(F)F)cc2)C(=O)c2c(C(=O)NC=O)cnn21.S. The van der Waals surface area contributed by atoms with Crippen LogP contribution in [0.25, 0.3) is 0 Å². The molecule has 7 nitrogen and oxygen atoms in total. The van der Waals surface area contributed by atoms with Crippen LogP contribution in [-0.2, 0) is 11.0 Å². The van der Waals surface area contributed by atoms with Crippen LogP contribution in [0.5, 0.6) is 0 Å². The third-order valence-electron chi connectivity index (χ3n) is 4.05. The van der Waals surface area contributed by atoms with Crippen LogP contribution >= 0.6 is 13.5 Å². The predicted octanol–water partition coefficient (Wildman–Crippen LogP) is 2.12. The molecule has 3 rings (SSSR count). The lowest BCUT2D eigenvalue weighted by atomic mass is 10.1. The molecule has 2 heterocycles. The zero-order valence-electron chi connectivity index (χ0n) is 13.9. The molecule has 0 saturated carbocycles. The van der Waals surface area contributed by atoms with Gasteiger partial charge in [-0.2, -0.15) is 31.8 Å². The third-order valence-corrected chi connectivity index (χ3v) is 4.05. The Morgan fingerprint density at radius 1 is 1.30 bits per heavy atom.